The molecule has 0 radical (unpaired) electrons. The second-order valence-corrected chi connectivity index (χ2v) is 6.72. The standard InChI is InChI=1S/C23H20N2O3/c1-15-8-11-20-19(12-15)24-22(25(20)14-16-6-4-3-5-7-16)17-9-10-18(23(26)27)21(13-17)28-2/h3-13H,14H2,1-2H3,(H,26,27). The number of imidazole rings is 1. The van der Waals surface area contributed by atoms with Gasteiger partial charge in [0.15, 0.2) is 0 Å². The largest absolute Gasteiger partial charge is 0.496 e. The van der Waals surface area contributed by atoms with Gasteiger partial charge in [0.05, 0.1) is 18.1 Å². The van der Waals surface area contributed by atoms with Crippen molar-refractivity contribution in [1.82, 2.24) is 9.55 Å². The molecule has 4 aromatic rings. The molecule has 5 nitrogen and oxygen atoms in total. The molecular formula is C23H20N2O3. The summed E-state index contributed by atoms with van der Waals surface area (Å²) in [5, 5.41) is 9.35. The Labute approximate surface area is 162 Å². The van der Waals surface area contributed by atoms with E-state index in [4.69, 9.17) is 9.72 Å². The number of carboxylic acid groups (broad SMARTS) is 1. The van der Waals surface area contributed by atoms with Crippen molar-refractivity contribution in [3.05, 3.63) is 83.4 Å². The highest BCUT2D eigenvalue weighted by Crippen LogP contribution is 2.30. The maximum atomic E-state index is 11.4. The van der Waals surface area contributed by atoms with Crippen molar-refractivity contribution in [3.8, 4) is 17.1 Å². The van der Waals surface area contributed by atoms with E-state index in [9.17, 15) is 9.90 Å². The Morgan fingerprint density at radius 3 is 2.57 bits per heavy atom. The molecule has 0 bridgehead atoms. The molecule has 0 saturated heterocycles. The number of fused-ring (bicyclic) bond motifs is 1. The Balaban J connectivity index is 1.91. The summed E-state index contributed by atoms with van der Waals surface area (Å²) in [5.41, 5.74) is 5.19. The molecule has 0 amide bonds. The fourth-order valence-corrected chi connectivity index (χ4v) is 3.39. The molecule has 140 valence electrons. The topological polar surface area (TPSA) is 64.4 Å². The Bertz CT molecular complexity index is 1160. The average molecular weight is 372 g/mol. The number of hydrogen-bond donors (Lipinski definition) is 1. The van der Waals surface area contributed by atoms with E-state index in [0.717, 1.165) is 33.5 Å². The highest BCUT2D eigenvalue weighted by molar-refractivity contribution is 5.92. The quantitative estimate of drug-likeness (QED) is 0.548. The lowest BCUT2D eigenvalue weighted by Crippen LogP contribution is -2.04. The van der Waals surface area contributed by atoms with Crippen molar-refractivity contribution in [2.45, 2.75) is 13.5 Å². The molecule has 0 saturated carbocycles. The molecule has 0 spiro atoms. The Hall–Kier alpha value is -3.60. The number of nitrogens with zero attached hydrogens (tertiary/aromatic N) is 2. The molecular weight excluding hydrogens is 352 g/mol. The van der Waals surface area contributed by atoms with E-state index in [0.29, 0.717) is 12.3 Å². The van der Waals surface area contributed by atoms with E-state index in [1.54, 1.807) is 18.2 Å². The van der Waals surface area contributed by atoms with Gasteiger partial charge >= 0.3 is 5.97 Å². The van der Waals surface area contributed by atoms with Gasteiger partial charge in [-0.3, -0.25) is 0 Å². The molecule has 0 aliphatic carbocycles. The summed E-state index contributed by atoms with van der Waals surface area (Å²) in [4.78, 5) is 16.3. The second kappa shape index (κ2) is 7.19. The number of methoxy groups -OCH3 is 1. The van der Waals surface area contributed by atoms with Crippen molar-refractivity contribution in [3.63, 3.8) is 0 Å². The molecule has 1 heterocycles. The van der Waals surface area contributed by atoms with Crippen LogP contribution in [0.5, 0.6) is 5.75 Å². The van der Waals surface area contributed by atoms with Gasteiger partial charge in [-0.1, -0.05) is 42.5 Å². The predicted octanol–water partition coefficient (Wildman–Crippen LogP) is 4.77. The normalized spacial score (nSPS) is 10.9. The maximum absolute atomic E-state index is 11.4. The van der Waals surface area contributed by atoms with Crippen LogP contribution in [0.15, 0.2) is 66.7 Å². The zero-order valence-corrected chi connectivity index (χ0v) is 15.7. The van der Waals surface area contributed by atoms with Crippen molar-refractivity contribution in [2.75, 3.05) is 7.11 Å². The van der Waals surface area contributed by atoms with Crippen LogP contribution in [0.25, 0.3) is 22.4 Å². The Morgan fingerprint density at radius 2 is 1.86 bits per heavy atom. The first-order chi connectivity index (χ1) is 13.6. The van der Waals surface area contributed by atoms with Crippen LogP contribution in [0.2, 0.25) is 0 Å². The van der Waals surface area contributed by atoms with Crippen LogP contribution in [0.4, 0.5) is 0 Å². The number of rotatable bonds is 5. The van der Waals surface area contributed by atoms with Crippen molar-refractivity contribution in [2.24, 2.45) is 0 Å². The van der Waals surface area contributed by atoms with Gasteiger partial charge in [-0.05, 0) is 42.3 Å². The minimum Gasteiger partial charge on any atom is -0.496 e. The van der Waals surface area contributed by atoms with Crippen LogP contribution in [-0.2, 0) is 6.54 Å². The summed E-state index contributed by atoms with van der Waals surface area (Å²) in [5.74, 6) is 0.0796. The van der Waals surface area contributed by atoms with Crippen LogP contribution in [0.1, 0.15) is 21.5 Å². The molecule has 1 N–H and O–H groups in total. The van der Waals surface area contributed by atoms with Crippen LogP contribution in [0.3, 0.4) is 0 Å². The summed E-state index contributed by atoms with van der Waals surface area (Å²) in [7, 11) is 1.47. The minimum absolute atomic E-state index is 0.132. The highest BCUT2D eigenvalue weighted by atomic mass is 16.5. The molecule has 4 rings (SSSR count). The lowest BCUT2D eigenvalue weighted by atomic mass is 10.1. The van der Waals surface area contributed by atoms with Gasteiger partial charge in [0.2, 0.25) is 0 Å². The van der Waals surface area contributed by atoms with E-state index in [2.05, 4.69) is 34.9 Å². The molecule has 5 heteroatoms. The van der Waals surface area contributed by atoms with Crippen LogP contribution in [0, 0.1) is 6.92 Å². The number of aryl methyl sites for hydroxylation is 1. The third kappa shape index (κ3) is 3.22. The summed E-state index contributed by atoms with van der Waals surface area (Å²) >= 11 is 0. The predicted molar refractivity (Wildman–Crippen MR) is 109 cm³/mol. The molecule has 1 aromatic heterocycles. The Morgan fingerprint density at radius 1 is 1.07 bits per heavy atom. The first kappa shape index (κ1) is 17.8. The summed E-state index contributed by atoms with van der Waals surface area (Å²) in [6.45, 7) is 2.71. The number of carbonyl (C=O) groups is 1. The fraction of sp³-hybridized carbons (Fsp3) is 0.130. The lowest BCUT2D eigenvalue weighted by Gasteiger charge is -2.12. The first-order valence-electron chi connectivity index (χ1n) is 8.99. The molecule has 28 heavy (non-hydrogen) atoms. The molecule has 3 aromatic carbocycles. The molecule has 0 fully saturated rings. The number of ether oxygens (including phenoxy) is 1. The first-order valence-corrected chi connectivity index (χ1v) is 8.99. The van der Waals surface area contributed by atoms with Crippen LogP contribution >= 0.6 is 0 Å². The van der Waals surface area contributed by atoms with Crippen molar-refractivity contribution < 1.29 is 14.6 Å². The lowest BCUT2D eigenvalue weighted by molar-refractivity contribution is 0.0693. The summed E-state index contributed by atoms with van der Waals surface area (Å²) in [6.07, 6.45) is 0. The van der Waals surface area contributed by atoms with Crippen LogP contribution < -0.4 is 4.74 Å². The maximum Gasteiger partial charge on any atom is 0.339 e. The molecule has 0 aliphatic rings. The van der Waals surface area contributed by atoms with E-state index in [1.807, 2.05) is 25.1 Å². The van der Waals surface area contributed by atoms with Crippen LogP contribution in [-0.4, -0.2) is 27.7 Å². The van der Waals surface area contributed by atoms with E-state index in [-0.39, 0.29) is 5.56 Å². The van der Waals surface area contributed by atoms with E-state index < -0.39 is 5.97 Å². The van der Waals surface area contributed by atoms with Gasteiger partial charge in [0.1, 0.15) is 17.1 Å². The van der Waals surface area contributed by atoms with Gasteiger partial charge in [-0.2, -0.15) is 0 Å². The summed E-state index contributed by atoms with van der Waals surface area (Å²) in [6, 6.07) is 21.5. The Kier molecular flexibility index (Phi) is 4.57. The number of carboxylic acids is 1. The highest BCUT2D eigenvalue weighted by Gasteiger charge is 2.17. The third-order valence-electron chi connectivity index (χ3n) is 4.78. The zero-order valence-electron chi connectivity index (χ0n) is 15.7. The number of aromatic nitrogens is 2. The van der Waals surface area contributed by atoms with Crippen molar-refractivity contribution in [1.29, 1.82) is 0 Å². The van der Waals surface area contributed by atoms with Gasteiger partial charge in [0.25, 0.3) is 0 Å². The minimum atomic E-state index is -1.02. The monoisotopic (exact) mass is 372 g/mol. The third-order valence-corrected chi connectivity index (χ3v) is 4.78. The van der Waals surface area contributed by atoms with E-state index >= 15 is 0 Å². The second-order valence-electron chi connectivity index (χ2n) is 6.72. The summed E-state index contributed by atoms with van der Waals surface area (Å²) < 4.78 is 7.45. The molecule has 0 atom stereocenters. The smallest absolute Gasteiger partial charge is 0.339 e. The number of aromatic carboxylic acids is 1. The van der Waals surface area contributed by atoms with Gasteiger partial charge in [-0.15, -0.1) is 0 Å². The van der Waals surface area contributed by atoms with Crippen molar-refractivity contribution >= 4 is 17.0 Å². The average Bonchev–Trinajstić information content (AvgIpc) is 3.05. The molecule has 0 aliphatic heterocycles. The number of hydrogen-bond acceptors (Lipinski definition) is 3. The molecule has 0 unspecified atom stereocenters. The van der Waals surface area contributed by atoms with Gasteiger partial charge < -0.3 is 14.4 Å². The van der Waals surface area contributed by atoms with E-state index in [1.165, 1.54) is 7.11 Å². The van der Waals surface area contributed by atoms with Gasteiger partial charge in [0, 0.05) is 12.1 Å². The number of benzene rings is 3. The SMILES string of the molecule is COc1cc(-c2nc3cc(C)ccc3n2Cc2ccccc2)ccc1C(=O)O. The van der Waals surface area contributed by atoms with Gasteiger partial charge in [-0.25, -0.2) is 9.78 Å². The zero-order chi connectivity index (χ0) is 19.7. The fourth-order valence-electron chi connectivity index (χ4n) is 3.39.